The lowest BCUT2D eigenvalue weighted by Crippen LogP contribution is -2.11. The zero-order valence-electron chi connectivity index (χ0n) is 17.1. The van der Waals surface area contributed by atoms with Gasteiger partial charge in [0.05, 0.1) is 42.7 Å². The van der Waals surface area contributed by atoms with Crippen LogP contribution in [0.2, 0.25) is 0 Å². The molecular weight excluding hydrogens is 364 g/mol. The fourth-order valence-electron chi connectivity index (χ4n) is 2.96. The summed E-state index contributed by atoms with van der Waals surface area (Å²) >= 11 is 0. The Hall–Kier alpha value is -3.09. The number of benzene rings is 2. The molecule has 2 aromatic rings. The summed E-state index contributed by atoms with van der Waals surface area (Å²) in [6.07, 6.45) is 0.239. The lowest BCUT2D eigenvalue weighted by Gasteiger charge is -2.16. The Labute approximate surface area is 165 Å². The molecule has 0 saturated carbocycles. The van der Waals surface area contributed by atoms with Crippen molar-refractivity contribution in [1.29, 1.82) is 0 Å². The molecule has 0 aliphatic rings. The van der Waals surface area contributed by atoms with Gasteiger partial charge in [-0.1, -0.05) is 0 Å². The normalized spacial score (nSPS) is 10.2. The van der Waals surface area contributed by atoms with Crippen molar-refractivity contribution < 1.29 is 33.2 Å². The number of carbonyl (C=O) groups excluding carboxylic acids is 1. The third kappa shape index (κ3) is 4.60. The Morgan fingerprint density at radius 3 is 1.07 bits per heavy atom. The molecule has 2 aromatic carbocycles. The van der Waals surface area contributed by atoms with Gasteiger partial charge in [-0.05, 0) is 0 Å². The summed E-state index contributed by atoms with van der Waals surface area (Å²) in [6.45, 7) is 0. The van der Waals surface area contributed by atoms with Crippen LogP contribution in [-0.4, -0.2) is 48.4 Å². The molecule has 7 nitrogen and oxygen atoms in total. The molecule has 0 heterocycles. The molecule has 2 rings (SSSR count). The van der Waals surface area contributed by atoms with Crippen LogP contribution in [-0.2, 0) is 17.6 Å². The van der Waals surface area contributed by atoms with Gasteiger partial charge in [0, 0.05) is 48.2 Å². The van der Waals surface area contributed by atoms with Crippen molar-refractivity contribution in [3.63, 3.8) is 0 Å². The Bertz CT molecular complexity index is 712. The first-order valence-electron chi connectivity index (χ1n) is 8.60. The van der Waals surface area contributed by atoms with Crippen LogP contribution < -0.4 is 28.4 Å². The second-order valence-corrected chi connectivity index (χ2v) is 5.91. The quantitative estimate of drug-likeness (QED) is 0.617. The summed E-state index contributed by atoms with van der Waals surface area (Å²) in [5, 5.41) is 0. The molecule has 0 saturated heterocycles. The van der Waals surface area contributed by atoms with Gasteiger partial charge in [-0.2, -0.15) is 0 Å². The van der Waals surface area contributed by atoms with Crippen molar-refractivity contribution in [1.82, 2.24) is 0 Å². The summed E-state index contributed by atoms with van der Waals surface area (Å²) < 4.78 is 32.2. The lowest BCUT2D eigenvalue weighted by molar-refractivity contribution is -0.117. The number of hydrogen-bond donors (Lipinski definition) is 0. The van der Waals surface area contributed by atoms with E-state index in [9.17, 15) is 4.79 Å². The van der Waals surface area contributed by atoms with Crippen LogP contribution in [0.1, 0.15) is 11.1 Å². The van der Waals surface area contributed by atoms with E-state index >= 15 is 0 Å². The van der Waals surface area contributed by atoms with Crippen molar-refractivity contribution >= 4 is 5.78 Å². The minimum atomic E-state index is -0.0523. The highest BCUT2D eigenvalue weighted by atomic mass is 16.5. The predicted octanol–water partition coefficient (Wildman–Crippen LogP) is 3.09. The molecular formula is C21H26O7. The molecule has 7 heteroatoms. The van der Waals surface area contributed by atoms with Crippen molar-refractivity contribution in [2.75, 3.05) is 42.7 Å². The monoisotopic (exact) mass is 390 g/mol. The lowest BCUT2D eigenvalue weighted by atomic mass is 9.99. The fraction of sp³-hybridized carbons (Fsp3) is 0.381. The van der Waals surface area contributed by atoms with E-state index in [0.717, 1.165) is 0 Å². The van der Waals surface area contributed by atoms with Gasteiger partial charge in [0.2, 0.25) is 0 Å². The van der Waals surface area contributed by atoms with E-state index in [0.29, 0.717) is 45.6 Å². The number of ether oxygens (including phenoxy) is 6. The SMILES string of the molecule is COc1cc(OC)c(CC(=O)Cc2c(OC)cc(OC)cc2OC)c(OC)c1. The second-order valence-electron chi connectivity index (χ2n) is 5.91. The largest absolute Gasteiger partial charge is 0.496 e. The molecule has 0 N–H and O–H groups in total. The molecule has 0 bridgehead atoms. The average Bonchev–Trinajstić information content (AvgIpc) is 2.73. The Morgan fingerprint density at radius 1 is 0.571 bits per heavy atom. The Balaban J connectivity index is 2.35. The van der Waals surface area contributed by atoms with Gasteiger partial charge in [-0.25, -0.2) is 0 Å². The van der Waals surface area contributed by atoms with E-state index in [1.165, 1.54) is 28.4 Å². The molecule has 0 unspecified atom stereocenters. The van der Waals surface area contributed by atoms with Gasteiger partial charge in [-0.15, -0.1) is 0 Å². The molecule has 0 spiro atoms. The summed E-state index contributed by atoms with van der Waals surface area (Å²) in [4.78, 5) is 12.9. The first-order chi connectivity index (χ1) is 13.5. The van der Waals surface area contributed by atoms with Crippen LogP contribution in [0.25, 0.3) is 0 Å². The first-order valence-corrected chi connectivity index (χ1v) is 8.60. The smallest absolute Gasteiger partial charge is 0.142 e. The summed E-state index contributed by atoms with van der Waals surface area (Å²) in [5.41, 5.74) is 1.31. The van der Waals surface area contributed by atoms with Crippen LogP contribution >= 0.6 is 0 Å². The fourth-order valence-corrected chi connectivity index (χ4v) is 2.96. The average molecular weight is 390 g/mol. The molecule has 28 heavy (non-hydrogen) atoms. The minimum absolute atomic E-state index is 0.0523. The van der Waals surface area contributed by atoms with Crippen molar-refractivity contribution in [2.24, 2.45) is 0 Å². The van der Waals surface area contributed by atoms with Gasteiger partial charge < -0.3 is 28.4 Å². The maximum atomic E-state index is 12.9. The maximum Gasteiger partial charge on any atom is 0.142 e. The van der Waals surface area contributed by atoms with Crippen LogP contribution in [0.3, 0.4) is 0 Å². The van der Waals surface area contributed by atoms with E-state index in [1.807, 2.05) is 0 Å². The number of methoxy groups -OCH3 is 6. The third-order valence-electron chi connectivity index (χ3n) is 4.38. The zero-order valence-corrected chi connectivity index (χ0v) is 17.1. The highest BCUT2D eigenvalue weighted by molar-refractivity contribution is 5.86. The number of Topliss-reactive ketones (excluding diaryl/α,β-unsaturated/α-hetero) is 1. The van der Waals surface area contributed by atoms with E-state index in [2.05, 4.69) is 0 Å². The Morgan fingerprint density at radius 2 is 0.857 bits per heavy atom. The van der Waals surface area contributed by atoms with E-state index in [4.69, 9.17) is 28.4 Å². The minimum Gasteiger partial charge on any atom is -0.496 e. The van der Waals surface area contributed by atoms with Crippen LogP contribution in [0, 0.1) is 0 Å². The number of hydrogen-bond acceptors (Lipinski definition) is 7. The van der Waals surface area contributed by atoms with Gasteiger partial charge in [-0.3, -0.25) is 4.79 Å². The van der Waals surface area contributed by atoms with Gasteiger partial charge in [0.1, 0.15) is 40.3 Å². The van der Waals surface area contributed by atoms with Crippen LogP contribution in [0.5, 0.6) is 34.5 Å². The Kier molecular flexibility index (Phi) is 7.37. The van der Waals surface area contributed by atoms with Gasteiger partial charge >= 0.3 is 0 Å². The van der Waals surface area contributed by atoms with E-state index in [1.54, 1.807) is 38.5 Å². The van der Waals surface area contributed by atoms with Gasteiger partial charge in [0.25, 0.3) is 0 Å². The van der Waals surface area contributed by atoms with Gasteiger partial charge in [0.15, 0.2) is 0 Å². The molecule has 152 valence electrons. The second kappa shape index (κ2) is 9.73. The number of ketones is 1. The molecule has 0 atom stereocenters. The predicted molar refractivity (Wildman–Crippen MR) is 105 cm³/mol. The van der Waals surface area contributed by atoms with Crippen LogP contribution in [0.4, 0.5) is 0 Å². The number of carbonyl (C=O) groups is 1. The van der Waals surface area contributed by atoms with Crippen molar-refractivity contribution in [3.8, 4) is 34.5 Å². The maximum absolute atomic E-state index is 12.9. The summed E-state index contributed by atoms with van der Waals surface area (Å²) in [7, 11) is 9.27. The van der Waals surface area contributed by atoms with Crippen molar-refractivity contribution in [2.45, 2.75) is 12.8 Å². The van der Waals surface area contributed by atoms with Crippen molar-refractivity contribution in [3.05, 3.63) is 35.4 Å². The standard InChI is InChI=1S/C21H26O7/c1-23-14-9-18(25-3)16(19(10-14)26-4)7-13(22)8-17-20(27-5)11-15(24-2)12-21(17)28-6/h9-12H,7-8H2,1-6H3. The molecule has 0 fully saturated rings. The molecule has 0 aliphatic carbocycles. The first kappa shape index (κ1) is 21.2. The summed E-state index contributed by atoms with van der Waals surface area (Å²) in [5.74, 6) is 3.23. The highest BCUT2D eigenvalue weighted by Crippen LogP contribution is 2.37. The van der Waals surface area contributed by atoms with E-state index in [-0.39, 0.29) is 18.6 Å². The summed E-state index contributed by atoms with van der Waals surface area (Å²) in [6, 6.07) is 6.89. The third-order valence-corrected chi connectivity index (χ3v) is 4.38. The highest BCUT2D eigenvalue weighted by Gasteiger charge is 2.20. The molecule has 0 amide bonds. The zero-order chi connectivity index (χ0) is 20.7. The molecule has 0 aromatic heterocycles. The van der Waals surface area contributed by atoms with E-state index < -0.39 is 0 Å². The molecule has 0 aliphatic heterocycles. The number of rotatable bonds is 10. The topological polar surface area (TPSA) is 72.5 Å². The molecule has 0 radical (unpaired) electrons. The van der Waals surface area contributed by atoms with Crippen LogP contribution in [0.15, 0.2) is 24.3 Å².